The molecule has 0 spiro atoms. The third-order valence-corrected chi connectivity index (χ3v) is 6.04. The number of rotatable bonds is 4. The lowest BCUT2D eigenvalue weighted by atomic mass is 9.72. The Balaban J connectivity index is 1.34. The van der Waals surface area contributed by atoms with E-state index in [-0.39, 0.29) is 5.82 Å². The van der Waals surface area contributed by atoms with Crippen LogP contribution < -0.4 is 5.32 Å². The van der Waals surface area contributed by atoms with Gasteiger partial charge in [0.05, 0.1) is 0 Å². The van der Waals surface area contributed by atoms with Crippen molar-refractivity contribution < 1.29 is 4.39 Å². The Labute approximate surface area is 159 Å². The van der Waals surface area contributed by atoms with E-state index in [4.69, 9.17) is 0 Å². The molecule has 1 unspecified atom stereocenters. The molecule has 2 aliphatic rings. The minimum atomic E-state index is -0.149. The van der Waals surface area contributed by atoms with Crippen LogP contribution in [0.4, 0.5) is 4.39 Å². The van der Waals surface area contributed by atoms with E-state index in [2.05, 4.69) is 58.7 Å². The fourth-order valence-electron chi connectivity index (χ4n) is 4.73. The fraction of sp³-hybridized carbons (Fsp3) is 0.250. The third-order valence-electron chi connectivity index (χ3n) is 6.04. The lowest BCUT2D eigenvalue weighted by Crippen LogP contribution is -2.72. The Hall–Kier alpha value is -2.49. The van der Waals surface area contributed by atoms with Crippen LogP contribution in [0.2, 0.25) is 0 Å². The molecule has 0 aliphatic carbocycles. The summed E-state index contributed by atoms with van der Waals surface area (Å²) in [4.78, 5) is 2.53. The minimum absolute atomic E-state index is 0.149. The van der Waals surface area contributed by atoms with Gasteiger partial charge in [-0.25, -0.2) is 4.39 Å². The highest BCUT2D eigenvalue weighted by atomic mass is 19.1. The molecule has 0 saturated carbocycles. The first kappa shape index (κ1) is 16.7. The van der Waals surface area contributed by atoms with E-state index in [1.165, 1.54) is 22.8 Å². The van der Waals surface area contributed by atoms with Gasteiger partial charge in [0.1, 0.15) is 5.82 Å². The standard InChI is InChI=1S/C24H23FN2/c25-21-8-4-5-17(13-21)16-27-22-14-26-15-23(27)24(22)20-11-9-19(10-12-20)18-6-2-1-3-7-18/h1-13,22-24,26H,14-16H2/t22-,23+,24?. The second-order valence-electron chi connectivity index (χ2n) is 7.61. The Bertz CT molecular complexity index is 911. The van der Waals surface area contributed by atoms with E-state index in [9.17, 15) is 4.39 Å². The lowest BCUT2D eigenvalue weighted by molar-refractivity contribution is -0.0483. The van der Waals surface area contributed by atoms with Crippen molar-refractivity contribution in [2.45, 2.75) is 24.5 Å². The van der Waals surface area contributed by atoms with Crippen LogP contribution in [0.15, 0.2) is 78.9 Å². The van der Waals surface area contributed by atoms with Crippen LogP contribution in [-0.4, -0.2) is 30.1 Å². The molecule has 2 nitrogen and oxygen atoms in total. The van der Waals surface area contributed by atoms with Gasteiger partial charge in [0, 0.05) is 37.6 Å². The number of piperazine rings is 1. The van der Waals surface area contributed by atoms with Crippen molar-refractivity contribution >= 4 is 0 Å². The highest BCUT2D eigenvalue weighted by Crippen LogP contribution is 2.43. The quantitative estimate of drug-likeness (QED) is 0.742. The summed E-state index contributed by atoms with van der Waals surface area (Å²) < 4.78 is 13.5. The van der Waals surface area contributed by atoms with Gasteiger partial charge in [-0.05, 0) is 34.4 Å². The van der Waals surface area contributed by atoms with E-state index < -0.39 is 0 Å². The summed E-state index contributed by atoms with van der Waals surface area (Å²) >= 11 is 0. The first-order valence-electron chi connectivity index (χ1n) is 9.66. The first-order chi connectivity index (χ1) is 13.3. The largest absolute Gasteiger partial charge is 0.314 e. The highest BCUT2D eigenvalue weighted by Gasteiger charge is 2.50. The van der Waals surface area contributed by atoms with Gasteiger partial charge < -0.3 is 5.32 Å². The van der Waals surface area contributed by atoms with Crippen LogP contribution in [0.1, 0.15) is 17.0 Å². The molecule has 1 N–H and O–H groups in total. The second-order valence-corrected chi connectivity index (χ2v) is 7.61. The predicted octanol–water partition coefficient (Wildman–Crippen LogP) is 4.43. The zero-order chi connectivity index (χ0) is 18.2. The molecule has 2 heterocycles. The van der Waals surface area contributed by atoms with Gasteiger partial charge in [-0.1, -0.05) is 66.7 Å². The molecule has 2 saturated heterocycles. The van der Waals surface area contributed by atoms with Gasteiger partial charge in [-0.15, -0.1) is 0 Å². The minimum Gasteiger partial charge on any atom is -0.314 e. The Morgan fingerprint density at radius 1 is 0.815 bits per heavy atom. The maximum absolute atomic E-state index is 13.5. The summed E-state index contributed by atoms with van der Waals surface area (Å²) in [6, 6.07) is 27.5. The first-order valence-corrected chi connectivity index (χ1v) is 9.66. The molecule has 2 aliphatic heterocycles. The highest BCUT2D eigenvalue weighted by molar-refractivity contribution is 5.63. The van der Waals surface area contributed by atoms with Crippen LogP contribution in [0.3, 0.4) is 0 Å². The monoisotopic (exact) mass is 358 g/mol. The predicted molar refractivity (Wildman–Crippen MR) is 107 cm³/mol. The second kappa shape index (κ2) is 6.91. The van der Waals surface area contributed by atoms with Crippen LogP contribution in [0.25, 0.3) is 11.1 Å². The normalized spacial score (nSPS) is 24.4. The summed E-state index contributed by atoms with van der Waals surface area (Å²) in [6.45, 7) is 2.82. The van der Waals surface area contributed by atoms with E-state index in [0.717, 1.165) is 25.2 Å². The van der Waals surface area contributed by atoms with Crippen molar-refractivity contribution in [2.75, 3.05) is 13.1 Å². The van der Waals surface area contributed by atoms with Gasteiger partial charge in [-0.2, -0.15) is 0 Å². The van der Waals surface area contributed by atoms with Crippen molar-refractivity contribution in [3.63, 3.8) is 0 Å². The zero-order valence-corrected chi connectivity index (χ0v) is 15.2. The van der Waals surface area contributed by atoms with Crippen LogP contribution in [-0.2, 0) is 6.54 Å². The number of nitrogens with one attached hydrogen (secondary N) is 1. The molecule has 2 fully saturated rings. The van der Waals surface area contributed by atoms with Crippen molar-refractivity contribution in [2.24, 2.45) is 0 Å². The van der Waals surface area contributed by atoms with Gasteiger partial charge in [0.15, 0.2) is 0 Å². The Morgan fingerprint density at radius 3 is 2.22 bits per heavy atom. The molecular formula is C24H23FN2. The van der Waals surface area contributed by atoms with Gasteiger partial charge >= 0.3 is 0 Å². The zero-order valence-electron chi connectivity index (χ0n) is 15.2. The van der Waals surface area contributed by atoms with Crippen molar-refractivity contribution in [3.8, 4) is 11.1 Å². The molecule has 3 heteroatoms. The number of fused-ring (bicyclic) bond motifs is 2. The van der Waals surface area contributed by atoms with Crippen molar-refractivity contribution in [1.29, 1.82) is 0 Å². The number of piperidine rings is 1. The number of halogens is 1. The molecule has 136 valence electrons. The molecule has 3 aromatic carbocycles. The average molecular weight is 358 g/mol. The van der Waals surface area contributed by atoms with Crippen LogP contribution in [0.5, 0.6) is 0 Å². The molecule has 5 rings (SSSR count). The lowest BCUT2D eigenvalue weighted by Gasteiger charge is -2.59. The van der Waals surface area contributed by atoms with Crippen molar-refractivity contribution in [1.82, 2.24) is 10.2 Å². The van der Waals surface area contributed by atoms with Gasteiger partial charge in [-0.3, -0.25) is 4.90 Å². The van der Waals surface area contributed by atoms with E-state index in [1.54, 1.807) is 12.1 Å². The summed E-state index contributed by atoms with van der Waals surface area (Å²) in [7, 11) is 0. The Morgan fingerprint density at radius 2 is 1.52 bits per heavy atom. The maximum atomic E-state index is 13.5. The molecule has 3 aromatic rings. The molecule has 3 atom stereocenters. The average Bonchev–Trinajstić information content (AvgIpc) is 2.73. The molecule has 0 amide bonds. The fourth-order valence-corrected chi connectivity index (χ4v) is 4.73. The number of nitrogens with zero attached hydrogens (tertiary/aromatic N) is 1. The van der Waals surface area contributed by atoms with Gasteiger partial charge in [0.25, 0.3) is 0 Å². The summed E-state index contributed by atoms with van der Waals surface area (Å²) in [6.07, 6.45) is 0. The molecule has 2 bridgehead atoms. The van der Waals surface area contributed by atoms with Gasteiger partial charge in [0.2, 0.25) is 0 Å². The summed E-state index contributed by atoms with van der Waals surface area (Å²) in [5, 5.41) is 3.53. The molecule has 0 radical (unpaired) electrons. The molecule has 27 heavy (non-hydrogen) atoms. The third kappa shape index (κ3) is 3.07. The van der Waals surface area contributed by atoms with E-state index >= 15 is 0 Å². The number of hydrogen-bond donors (Lipinski definition) is 1. The smallest absolute Gasteiger partial charge is 0.123 e. The Kier molecular flexibility index (Phi) is 4.27. The molecular weight excluding hydrogens is 335 g/mol. The van der Waals surface area contributed by atoms with E-state index in [0.29, 0.717) is 18.0 Å². The number of benzene rings is 3. The topological polar surface area (TPSA) is 15.3 Å². The van der Waals surface area contributed by atoms with Crippen LogP contribution >= 0.6 is 0 Å². The van der Waals surface area contributed by atoms with E-state index in [1.807, 2.05) is 12.1 Å². The number of hydrogen-bond acceptors (Lipinski definition) is 2. The summed E-state index contributed by atoms with van der Waals surface area (Å²) in [5.74, 6) is 0.411. The van der Waals surface area contributed by atoms with Crippen molar-refractivity contribution in [3.05, 3.63) is 95.8 Å². The summed E-state index contributed by atoms with van der Waals surface area (Å²) in [5.41, 5.74) is 5.00. The SMILES string of the molecule is Fc1cccc(CN2[C@@H]3CNC[C@H]2C3c2ccc(-c3ccccc3)cc2)c1. The maximum Gasteiger partial charge on any atom is 0.123 e. The van der Waals surface area contributed by atoms with Crippen LogP contribution in [0, 0.1) is 5.82 Å². The molecule has 0 aromatic heterocycles.